The van der Waals surface area contributed by atoms with E-state index in [0.29, 0.717) is 37.8 Å². The number of unbranched alkanes of at least 4 members (excludes halogenated alkanes) is 2. The molecule has 68 heavy (non-hydrogen) atoms. The van der Waals surface area contributed by atoms with E-state index in [9.17, 15) is 68.4 Å². The predicted octanol–water partition coefficient (Wildman–Crippen LogP) is -7.23. The molecule has 0 saturated heterocycles. The highest BCUT2D eigenvalue weighted by atomic mass is 16.4. The normalized spacial score (nSPS) is 14.9. The van der Waals surface area contributed by atoms with Crippen LogP contribution in [-0.4, -0.2) is 172 Å². The van der Waals surface area contributed by atoms with Crippen molar-refractivity contribution in [3.8, 4) is 5.75 Å². The van der Waals surface area contributed by atoms with Gasteiger partial charge in [0.1, 0.15) is 60.6 Å². The molecule has 0 aliphatic heterocycles. The summed E-state index contributed by atoms with van der Waals surface area (Å²) in [5.74, 6) is -10.2. The zero-order chi connectivity index (χ0) is 51.5. The van der Waals surface area contributed by atoms with Crippen molar-refractivity contribution in [3.05, 3.63) is 29.8 Å². The van der Waals surface area contributed by atoms with Gasteiger partial charge in [-0.25, -0.2) is 0 Å². The van der Waals surface area contributed by atoms with Crippen molar-refractivity contribution < 1.29 is 73.5 Å². The van der Waals surface area contributed by atoms with Crippen molar-refractivity contribution in [2.24, 2.45) is 22.9 Å². The van der Waals surface area contributed by atoms with E-state index in [0.717, 1.165) is 6.92 Å². The van der Waals surface area contributed by atoms with Gasteiger partial charge in [0.05, 0.1) is 19.3 Å². The van der Waals surface area contributed by atoms with E-state index >= 15 is 0 Å². The number of aromatic hydroxyl groups is 1. The maximum atomic E-state index is 13.8. The van der Waals surface area contributed by atoms with Crippen LogP contribution in [0, 0.1) is 0 Å². The van der Waals surface area contributed by atoms with Crippen LogP contribution in [0.1, 0.15) is 70.8 Å². The highest BCUT2D eigenvalue weighted by Gasteiger charge is 2.35. The largest absolute Gasteiger partial charge is 0.508 e. The molecule has 0 fully saturated rings. The number of carbonyl (C=O) groups is 10. The molecule has 9 atom stereocenters. The Hall–Kier alpha value is -6.52. The van der Waals surface area contributed by atoms with Gasteiger partial charge in [0.25, 0.3) is 0 Å². The predicted molar refractivity (Wildman–Crippen MR) is 240 cm³/mol. The molecular weight excluding hydrogens is 901 g/mol. The Morgan fingerprint density at radius 1 is 0.574 bits per heavy atom. The average Bonchev–Trinajstić information content (AvgIpc) is 3.29. The van der Waals surface area contributed by atoms with Crippen molar-refractivity contribution in [1.29, 1.82) is 0 Å². The molecule has 382 valence electrons. The summed E-state index contributed by atoms with van der Waals surface area (Å²) in [4.78, 5) is 129. The first-order valence-corrected chi connectivity index (χ1v) is 21.8. The molecule has 1 aromatic rings. The Balaban J connectivity index is 3.26. The number of hydrogen-bond donors (Lipinski definition) is 17. The second-order valence-electron chi connectivity index (χ2n) is 15.8. The van der Waals surface area contributed by atoms with Crippen molar-refractivity contribution in [1.82, 2.24) is 42.5 Å². The van der Waals surface area contributed by atoms with E-state index in [2.05, 4.69) is 42.5 Å². The topological polar surface area (TPSA) is 472 Å². The van der Waals surface area contributed by atoms with Gasteiger partial charge in [-0.05, 0) is 89.6 Å². The first-order chi connectivity index (χ1) is 32.1. The monoisotopic (exact) mass is 968 g/mol. The minimum atomic E-state index is -1.87. The Kier molecular flexibility index (Phi) is 27.5. The smallest absolute Gasteiger partial charge is 0.322 e. The quantitative estimate of drug-likeness (QED) is 0.0291. The van der Waals surface area contributed by atoms with Crippen molar-refractivity contribution >= 4 is 59.1 Å². The molecule has 9 amide bonds. The molecule has 0 unspecified atom stereocenters. The lowest BCUT2D eigenvalue weighted by Crippen LogP contribution is -2.62. The van der Waals surface area contributed by atoms with Crippen molar-refractivity contribution in [2.75, 3.05) is 32.8 Å². The SMILES string of the molecule is C[C@H](NC(=O)[C@H](CO)NC(=O)[C@@H](NC(=O)[C@H](Cc1ccc(O)cc1)NC(=O)[C@H](CCC(N)=O)NC(=O)[C@@H](N)CO)[C@@H](C)O)C(=O)N[C@@H](CCCCN)C(=O)N[C@@H](CCCCN)C(=O)NCC(=O)O. The van der Waals surface area contributed by atoms with E-state index in [1.165, 1.54) is 31.2 Å². The fourth-order valence-corrected chi connectivity index (χ4v) is 6.14. The summed E-state index contributed by atoms with van der Waals surface area (Å²) in [6.45, 7) is 0.293. The van der Waals surface area contributed by atoms with E-state index in [1.807, 2.05) is 0 Å². The summed E-state index contributed by atoms with van der Waals surface area (Å²) >= 11 is 0. The van der Waals surface area contributed by atoms with Gasteiger partial charge >= 0.3 is 5.97 Å². The number of rotatable bonds is 33. The lowest BCUT2D eigenvalue weighted by molar-refractivity contribution is -0.138. The van der Waals surface area contributed by atoms with Crippen LogP contribution in [0.15, 0.2) is 24.3 Å². The number of carboxylic acids is 1. The fourth-order valence-electron chi connectivity index (χ4n) is 6.14. The zero-order valence-electron chi connectivity index (χ0n) is 38.0. The molecule has 27 nitrogen and oxygen atoms in total. The van der Waals surface area contributed by atoms with Gasteiger partial charge in [-0.2, -0.15) is 0 Å². The van der Waals surface area contributed by atoms with E-state index in [-0.39, 0.29) is 38.0 Å². The van der Waals surface area contributed by atoms with Gasteiger partial charge in [0, 0.05) is 12.8 Å². The number of aliphatic carboxylic acids is 1. The number of amides is 9. The van der Waals surface area contributed by atoms with E-state index < -0.39 is 140 Å². The number of carboxylic acid groups (broad SMARTS) is 1. The van der Waals surface area contributed by atoms with Crippen LogP contribution in [0.4, 0.5) is 0 Å². The molecule has 0 spiro atoms. The van der Waals surface area contributed by atoms with Gasteiger partial charge in [-0.15, -0.1) is 0 Å². The summed E-state index contributed by atoms with van der Waals surface area (Å²) in [5, 5.41) is 67.4. The summed E-state index contributed by atoms with van der Waals surface area (Å²) in [6, 6.07) is -6.73. The number of phenols is 1. The average molecular weight is 969 g/mol. The Bertz CT molecular complexity index is 1860. The van der Waals surface area contributed by atoms with Crippen LogP contribution in [0.5, 0.6) is 5.75 Å². The van der Waals surface area contributed by atoms with Crippen LogP contribution < -0.4 is 65.5 Å². The number of carbonyl (C=O) groups excluding carboxylic acids is 9. The summed E-state index contributed by atoms with van der Waals surface area (Å²) in [6.07, 6.45) is -0.948. The molecule has 0 aromatic heterocycles. The van der Waals surface area contributed by atoms with Crippen LogP contribution in [0.2, 0.25) is 0 Å². The zero-order valence-corrected chi connectivity index (χ0v) is 38.0. The Labute approximate surface area is 392 Å². The summed E-state index contributed by atoms with van der Waals surface area (Å²) in [5.41, 5.74) is 22.3. The number of nitrogens with two attached hydrogens (primary N) is 4. The Morgan fingerprint density at radius 3 is 1.54 bits per heavy atom. The molecule has 0 saturated carbocycles. The maximum absolute atomic E-state index is 13.8. The second-order valence-corrected chi connectivity index (χ2v) is 15.8. The molecule has 0 heterocycles. The summed E-state index contributed by atoms with van der Waals surface area (Å²) < 4.78 is 0. The highest BCUT2D eigenvalue weighted by molar-refractivity contribution is 5.98. The number of hydrogen-bond acceptors (Lipinski definition) is 17. The molecule has 1 aromatic carbocycles. The third-order valence-corrected chi connectivity index (χ3v) is 10.1. The lowest BCUT2D eigenvalue weighted by atomic mass is 10.0. The number of benzene rings is 1. The van der Waals surface area contributed by atoms with Crippen LogP contribution >= 0.6 is 0 Å². The Morgan fingerprint density at radius 2 is 1.04 bits per heavy atom. The number of primary amides is 1. The van der Waals surface area contributed by atoms with Gasteiger partial charge in [0.15, 0.2) is 0 Å². The minimum Gasteiger partial charge on any atom is -0.508 e. The first kappa shape index (κ1) is 59.5. The van der Waals surface area contributed by atoms with Crippen LogP contribution in [0.3, 0.4) is 0 Å². The third kappa shape index (κ3) is 22.3. The third-order valence-electron chi connectivity index (χ3n) is 10.1. The highest BCUT2D eigenvalue weighted by Crippen LogP contribution is 2.13. The number of aliphatic hydroxyl groups is 3. The van der Waals surface area contributed by atoms with E-state index in [4.69, 9.17) is 28.0 Å². The molecule has 0 radical (unpaired) electrons. The van der Waals surface area contributed by atoms with Crippen molar-refractivity contribution in [2.45, 2.75) is 126 Å². The molecule has 0 bridgehead atoms. The first-order valence-electron chi connectivity index (χ1n) is 21.8. The number of nitrogens with one attached hydrogen (secondary N) is 8. The minimum absolute atomic E-state index is 0.0364. The molecule has 21 N–H and O–H groups in total. The molecule has 0 aliphatic rings. The standard InChI is InChI=1S/C41H68N12O15/c1-21(34(61)48-27(8-4-6-16-43)37(64)50-26(7-3-5-15-42)36(63)46-18-32(59)60)47-40(67)30(20-55)52-41(68)33(22(2)56)53-39(66)29(17-23-9-11-24(57)12-10-23)51-38(65)28(13-14-31(45)58)49-35(62)25(44)19-54/h9-12,21-22,25-30,33,54-57H,3-8,13-20,42-44H2,1-2H3,(H2,45,58)(H,46,63)(H,47,67)(H,48,61)(H,49,62)(H,50,64)(H,51,65)(H,52,68)(H,53,66)(H,59,60)/t21-,22+,25-,26-,27-,28-,29-,30-,33-/m0/s1. The van der Waals surface area contributed by atoms with Crippen LogP contribution in [0.25, 0.3) is 0 Å². The van der Waals surface area contributed by atoms with Crippen molar-refractivity contribution in [3.63, 3.8) is 0 Å². The molecule has 1 rings (SSSR count). The van der Waals surface area contributed by atoms with Crippen LogP contribution in [-0.2, 0) is 54.4 Å². The van der Waals surface area contributed by atoms with E-state index in [1.54, 1.807) is 0 Å². The molecule has 27 heteroatoms. The van der Waals surface area contributed by atoms with Gasteiger partial charge < -0.3 is 91.0 Å². The van der Waals surface area contributed by atoms with Gasteiger partial charge in [0.2, 0.25) is 53.2 Å². The van der Waals surface area contributed by atoms with Gasteiger partial charge in [-0.3, -0.25) is 47.9 Å². The summed E-state index contributed by atoms with van der Waals surface area (Å²) in [7, 11) is 0. The number of aliphatic hydroxyl groups excluding tert-OH is 3. The second kappa shape index (κ2) is 31.5. The maximum Gasteiger partial charge on any atom is 0.322 e. The fraction of sp³-hybridized carbons (Fsp3) is 0.610. The number of phenolic OH excluding ortho intramolecular Hbond substituents is 1. The molecular formula is C41H68N12O15. The lowest BCUT2D eigenvalue weighted by Gasteiger charge is -2.28. The van der Waals surface area contributed by atoms with Gasteiger partial charge in [-0.1, -0.05) is 12.1 Å². The molecule has 0 aliphatic carbocycles.